The maximum atomic E-state index is 12.8. The van der Waals surface area contributed by atoms with Gasteiger partial charge in [0.2, 0.25) is 10.0 Å². The van der Waals surface area contributed by atoms with E-state index in [1.165, 1.54) is 17.0 Å². The number of amides is 1. The molecular formula is C20H23BrN2O5S. The number of carbonyl (C=O) groups excluding carboxylic acids is 1. The minimum atomic E-state index is -3.63. The fraction of sp³-hybridized carbons (Fsp3) is 0.350. The van der Waals surface area contributed by atoms with E-state index in [-0.39, 0.29) is 22.4 Å². The van der Waals surface area contributed by atoms with Crippen LogP contribution in [-0.4, -0.2) is 52.6 Å². The molecule has 1 saturated carbocycles. The number of nitrogens with one attached hydrogen (secondary N) is 1. The number of halogens is 1. The molecule has 1 aliphatic rings. The van der Waals surface area contributed by atoms with Crippen molar-refractivity contribution < 1.29 is 22.7 Å². The van der Waals surface area contributed by atoms with Crippen LogP contribution in [-0.2, 0) is 10.0 Å². The predicted octanol–water partition coefficient (Wildman–Crippen LogP) is 3.05. The second kappa shape index (κ2) is 9.15. The standard InChI is InChI=1S/C20H23BrN2O5S/c1-23(11-12-28-16-7-5-15(27-2)6-8-16)20(24)18-13-17(9-10-19(18)21)29(25,26)22-14-3-4-14/h5-10,13-14,22H,3-4,11-12H2,1-2H3. The Bertz CT molecular complexity index is 975. The van der Waals surface area contributed by atoms with Crippen LogP contribution in [0, 0.1) is 0 Å². The molecule has 9 heteroatoms. The highest BCUT2D eigenvalue weighted by molar-refractivity contribution is 9.10. The molecule has 0 spiro atoms. The fourth-order valence-corrected chi connectivity index (χ4v) is 4.35. The molecule has 156 valence electrons. The molecule has 0 atom stereocenters. The third-order valence-electron chi connectivity index (χ3n) is 4.48. The van der Waals surface area contributed by atoms with Crippen LogP contribution in [0.4, 0.5) is 0 Å². The normalized spacial score (nSPS) is 13.8. The summed E-state index contributed by atoms with van der Waals surface area (Å²) in [6.45, 7) is 0.641. The monoisotopic (exact) mass is 482 g/mol. The summed E-state index contributed by atoms with van der Waals surface area (Å²) in [6.07, 6.45) is 1.69. The molecule has 0 bridgehead atoms. The molecule has 0 radical (unpaired) electrons. The lowest BCUT2D eigenvalue weighted by atomic mass is 10.2. The lowest BCUT2D eigenvalue weighted by molar-refractivity contribution is 0.0772. The van der Waals surface area contributed by atoms with E-state index in [4.69, 9.17) is 9.47 Å². The number of methoxy groups -OCH3 is 1. The second-order valence-electron chi connectivity index (χ2n) is 6.79. The average Bonchev–Trinajstić information content (AvgIpc) is 3.51. The zero-order chi connectivity index (χ0) is 21.0. The van der Waals surface area contributed by atoms with Gasteiger partial charge in [-0.05, 0) is 71.2 Å². The highest BCUT2D eigenvalue weighted by atomic mass is 79.9. The number of ether oxygens (including phenoxy) is 2. The van der Waals surface area contributed by atoms with Crippen LogP contribution in [0.5, 0.6) is 11.5 Å². The van der Waals surface area contributed by atoms with Gasteiger partial charge in [0.1, 0.15) is 18.1 Å². The number of hydrogen-bond acceptors (Lipinski definition) is 5. The Morgan fingerprint density at radius 3 is 2.45 bits per heavy atom. The lowest BCUT2D eigenvalue weighted by Gasteiger charge is -2.19. The first-order chi connectivity index (χ1) is 13.8. The Balaban J connectivity index is 1.62. The Morgan fingerprint density at radius 1 is 1.17 bits per heavy atom. The van der Waals surface area contributed by atoms with Gasteiger partial charge in [-0.25, -0.2) is 13.1 Å². The summed E-state index contributed by atoms with van der Waals surface area (Å²) in [4.78, 5) is 14.4. The van der Waals surface area contributed by atoms with E-state index in [0.717, 1.165) is 18.6 Å². The molecule has 0 saturated heterocycles. The van der Waals surface area contributed by atoms with Gasteiger partial charge in [0.25, 0.3) is 5.91 Å². The summed E-state index contributed by atoms with van der Waals surface area (Å²) in [5.41, 5.74) is 0.288. The van der Waals surface area contributed by atoms with Crippen LogP contribution in [0.3, 0.4) is 0 Å². The van der Waals surface area contributed by atoms with Gasteiger partial charge >= 0.3 is 0 Å². The summed E-state index contributed by atoms with van der Waals surface area (Å²) in [6, 6.07) is 11.6. The van der Waals surface area contributed by atoms with Crippen molar-refractivity contribution in [1.82, 2.24) is 9.62 Å². The minimum Gasteiger partial charge on any atom is -0.497 e. The summed E-state index contributed by atoms with van der Waals surface area (Å²) in [5, 5.41) is 0. The summed E-state index contributed by atoms with van der Waals surface area (Å²) < 4.78 is 38.8. The van der Waals surface area contributed by atoms with E-state index >= 15 is 0 Å². The highest BCUT2D eigenvalue weighted by Crippen LogP contribution is 2.25. The first-order valence-electron chi connectivity index (χ1n) is 9.14. The Hall–Kier alpha value is -2.10. The first kappa shape index (κ1) is 21.6. The SMILES string of the molecule is COc1ccc(OCCN(C)C(=O)c2cc(S(=O)(=O)NC3CC3)ccc2Br)cc1. The molecule has 0 heterocycles. The van der Waals surface area contributed by atoms with Gasteiger partial charge in [-0.2, -0.15) is 0 Å². The number of rotatable bonds is 9. The molecule has 29 heavy (non-hydrogen) atoms. The molecule has 2 aromatic carbocycles. The molecular weight excluding hydrogens is 460 g/mol. The second-order valence-corrected chi connectivity index (χ2v) is 9.36. The lowest BCUT2D eigenvalue weighted by Crippen LogP contribution is -2.31. The van der Waals surface area contributed by atoms with Crippen molar-refractivity contribution in [1.29, 1.82) is 0 Å². The van der Waals surface area contributed by atoms with Crippen LogP contribution in [0.15, 0.2) is 51.8 Å². The van der Waals surface area contributed by atoms with Crippen molar-refractivity contribution in [2.24, 2.45) is 0 Å². The molecule has 3 rings (SSSR count). The molecule has 1 N–H and O–H groups in total. The Morgan fingerprint density at radius 2 is 1.83 bits per heavy atom. The van der Waals surface area contributed by atoms with Crippen LogP contribution >= 0.6 is 15.9 Å². The number of carbonyl (C=O) groups is 1. The number of likely N-dealkylation sites (N-methyl/N-ethyl adjacent to an activating group) is 1. The third-order valence-corrected chi connectivity index (χ3v) is 6.69. The van der Waals surface area contributed by atoms with Crippen molar-refractivity contribution in [3.05, 3.63) is 52.5 Å². The molecule has 0 aliphatic heterocycles. The summed E-state index contributed by atoms with van der Waals surface area (Å²) in [7, 11) is -0.388. The molecule has 0 aromatic heterocycles. The van der Waals surface area contributed by atoms with Crippen LogP contribution < -0.4 is 14.2 Å². The summed E-state index contributed by atoms with van der Waals surface area (Å²) in [5.74, 6) is 1.12. The molecule has 2 aromatic rings. The molecule has 1 fully saturated rings. The minimum absolute atomic E-state index is 0.000533. The number of sulfonamides is 1. The van der Waals surface area contributed by atoms with E-state index in [2.05, 4.69) is 20.7 Å². The van der Waals surface area contributed by atoms with Gasteiger partial charge in [-0.15, -0.1) is 0 Å². The maximum Gasteiger partial charge on any atom is 0.254 e. The average molecular weight is 483 g/mol. The van der Waals surface area contributed by atoms with Gasteiger partial charge < -0.3 is 14.4 Å². The maximum absolute atomic E-state index is 12.8. The largest absolute Gasteiger partial charge is 0.497 e. The van der Waals surface area contributed by atoms with Crippen molar-refractivity contribution >= 4 is 31.9 Å². The van der Waals surface area contributed by atoms with E-state index in [1.54, 1.807) is 44.5 Å². The number of nitrogens with zero attached hydrogens (tertiary/aromatic N) is 1. The van der Waals surface area contributed by atoms with E-state index in [9.17, 15) is 13.2 Å². The van der Waals surface area contributed by atoms with Crippen LogP contribution in [0.2, 0.25) is 0 Å². The smallest absolute Gasteiger partial charge is 0.254 e. The topological polar surface area (TPSA) is 84.9 Å². The fourth-order valence-electron chi connectivity index (χ4n) is 2.60. The quantitative estimate of drug-likeness (QED) is 0.593. The van der Waals surface area contributed by atoms with Crippen molar-refractivity contribution in [3.63, 3.8) is 0 Å². The van der Waals surface area contributed by atoms with Crippen LogP contribution in [0.1, 0.15) is 23.2 Å². The number of benzene rings is 2. The zero-order valence-corrected chi connectivity index (χ0v) is 18.6. The van der Waals surface area contributed by atoms with Gasteiger partial charge in [0, 0.05) is 17.6 Å². The van der Waals surface area contributed by atoms with E-state index in [0.29, 0.717) is 23.4 Å². The predicted molar refractivity (Wildman–Crippen MR) is 113 cm³/mol. The van der Waals surface area contributed by atoms with Crippen molar-refractivity contribution in [2.75, 3.05) is 27.3 Å². The van der Waals surface area contributed by atoms with E-state index < -0.39 is 10.0 Å². The molecule has 1 amide bonds. The third kappa shape index (κ3) is 5.71. The van der Waals surface area contributed by atoms with E-state index in [1.807, 2.05) is 0 Å². The van der Waals surface area contributed by atoms with Crippen LogP contribution in [0.25, 0.3) is 0 Å². The number of hydrogen-bond donors (Lipinski definition) is 1. The molecule has 1 aliphatic carbocycles. The Kier molecular flexibility index (Phi) is 6.81. The van der Waals surface area contributed by atoms with Gasteiger partial charge in [-0.3, -0.25) is 4.79 Å². The van der Waals surface area contributed by atoms with Gasteiger partial charge in [0.15, 0.2) is 0 Å². The zero-order valence-electron chi connectivity index (χ0n) is 16.2. The van der Waals surface area contributed by atoms with Gasteiger partial charge in [-0.1, -0.05) is 0 Å². The van der Waals surface area contributed by atoms with Crippen molar-refractivity contribution in [3.8, 4) is 11.5 Å². The highest BCUT2D eigenvalue weighted by Gasteiger charge is 2.29. The molecule has 0 unspecified atom stereocenters. The summed E-state index contributed by atoms with van der Waals surface area (Å²) >= 11 is 3.34. The van der Waals surface area contributed by atoms with Crippen molar-refractivity contribution in [2.45, 2.75) is 23.8 Å². The first-order valence-corrected chi connectivity index (χ1v) is 11.4. The Labute approximate surface area is 179 Å². The molecule has 7 nitrogen and oxygen atoms in total. The van der Waals surface area contributed by atoms with Gasteiger partial charge in [0.05, 0.1) is 24.1 Å².